The first-order valence-corrected chi connectivity index (χ1v) is 7.17. The van der Waals surface area contributed by atoms with Crippen molar-refractivity contribution in [2.45, 2.75) is 45.6 Å². The van der Waals surface area contributed by atoms with Crippen LogP contribution in [0.2, 0.25) is 0 Å². The van der Waals surface area contributed by atoms with Gasteiger partial charge in [0.05, 0.1) is 18.3 Å². The molecule has 1 unspecified atom stereocenters. The lowest BCUT2D eigenvalue weighted by molar-refractivity contribution is 0.0696. The molecule has 0 spiro atoms. The normalized spacial score (nSPS) is 18.2. The molecule has 0 saturated carbocycles. The van der Waals surface area contributed by atoms with Gasteiger partial charge in [-0.25, -0.2) is 4.79 Å². The van der Waals surface area contributed by atoms with Crippen molar-refractivity contribution in [1.29, 1.82) is 0 Å². The van der Waals surface area contributed by atoms with Gasteiger partial charge < -0.3 is 14.6 Å². The van der Waals surface area contributed by atoms with E-state index in [1.165, 1.54) is 6.42 Å². The molecule has 0 amide bonds. The number of carboxylic acids is 1. The Balaban J connectivity index is 1.87. The van der Waals surface area contributed by atoms with Crippen LogP contribution in [0.25, 0.3) is 0 Å². The number of aromatic carboxylic acids is 1. The van der Waals surface area contributed by atoms with Crippen LogP contribution in [0, 0.1) is 13.8 Å². The average molecular weight is 278 g/mol. The van der Waals surface area contributed by atoms with Crippen molar-refractivity contribution in [2.75, 3.05) is 13.2 Å². The van der Waals surface area contributed by atoms with Crippen LogP contribution in [0.4, 0.5) is 0 Å². The fraction of sp³-hybridized carbons (Fsp3) is 0.562. The summed E-state index contributed by atoms with van der Waals surface area (Å²) in [5.74, 6) is -0.0940. The molecule has 2 rings (SSSR count). The summed E-state index contributed by atoms with van der Waals surface area (Å²) in [7, 11) is 0. The topological polar surface area (TPSA) is 55.8 Å². The highest BCUT2D eigenvalue weighted by atomic mass is 16.5. The predicted molar refractivity (Wildman–Crippen MR) is 76.6 cm³/mol. The van der Waals surface area contributed by atoms with Crippen molar-refractivity contribution < 1.29 is 19.4 Å². The maximum absolute atomic E-state index is 11.0. The van der Waals surface area contributed by atoms with E-state index in [2.05, 4.69) is 0 Å². The van der Waals surface area contributed by atoms with Gasteiger partial charge >= 0.3 is 5.97 Å². The molecule has 1 aromatic carbocycles. The number of rotatable bonds is 6. The fourth-order valence-electron chi connectivity index (χ4n) is 2.66. The fourth-order valence-corrected chi connectivity index (χ4v) is 2.66. The van der Waals surface area contributed by atoms with Crippen molar-refractivity contribution >= 4 is 5.97 Å². The van der Waals surface area contributed by atoms with Gasteiger partial charge in [-0.3, -0.25) is 0 Å². The highest BCUT2D eigenvalue weighted by molar-refractivity contribution is 5.88. The molecule has 0 aliphatic carbocycles. The summed E-state index contributed by atoms with van der Waals surface area (Å²) in [5, 5.41) is 9.01. The van der Waals surface area contributed by atoms with Crippen LogP contribution in [-0.4, -0.2) is 30.4 Å². The summed E-state index contributed by atoms with van der Waals surface area (Å²) in [4.78, 5) is 11.0. The number of benzene rings is 1. The Morgan fingerprint density at radius 3 is 2.65 bits per heavy atom. The summed E-state index contributed by atoms with van der Waals surface area (Å²) >= 11 is 0. The first-order chi connectivity index (χ1) is 9.58. The molecule has 1 aliphatic rings. The Kier molecular flexibility index (Phi) is 5.01. The van der Waals surface area contributed by atoms with Gasteiger partial charge in [0.1, 0.15) is 5.75 Å². The molecule has 0 radical (unpaired) electrons. The largest absolute Gasteiger partial charge is 0.493 e. The molecule has 110 valence electrons. The van der Waals surface area contributed by atoms with Gasteiger partial charge in [0.2, 0.25) is 0 Å². The first-order valence-electron chi connectivity index (χ1n) is 7.17. The molecule has 20 heavy (non-hydrogen) atoms. The Morgan fingerprint density at radius 2 is 2.10 bits per heavy atom. The van der Waals surface area contributed by atoms with Gasteiger partial charge in [0.15, 0.2) is 0 Å². The van der Waals surface area contributed by atoms with Crippen LogP contribution in [0.3, 0.4) is 0 Å². The zero-order valence-corrected chi connectivity index (χ0v) is 12.1. The van der Waals surface area contributed by atoms with Gasteiger partial charge in [-0.2, -0.15) is 0 Å². The molecule has 1 atom stereocenters. The molecule has 0 bridgehead atoms. The molecule has 1 aromatic rings. The van der Waals surface area contributed by atoms with E-state index in [4.69, 9.17) is 14.6 Å². The van der Waals surface area contributed by atoms with Crippen molar-refractivity contribution in [1.82, 2.24) is 0 Å². The predicted octanol–water partition coefficient (Wildman–Crippen LogP) is 3.34. The molecule has 1 N–H and O–H groups in total. The zero-order valence-electron chi connectivity index (χ0n) is 12.1. The number of hydrogen-bond acceptors (Lipinski definition) is 3. The van der Waals surface area contributed by atoms with Crippen molar-refractivity contribution in [3.63, 3.8) is 0 Å². The van der Waals surface area contributed by atoms with E-state index in [0.29, 0.717) is 18.3 Å². The van der Waals surface area contributed by atoms with Crippen molar-refractivity contribution in [3.8, 4) is 5.75 Å². The maximum atomic E-state index is 11.0. The maximum Gasteiger partial charge on any atom is 0.335 e. The van der Waals surface area contributed by atoms with E-state index in [1.807, 2.05) is 13.8 Å². The third-order valence-electron chi connectivity index (χ3n) is 3.65. The number of aryl methyl sites for hydroxylation is 2. The number of carbonyl (C=O) groups is 1. The Labute approximate surface area is 119 Å². The molecule has 1 aliphatic heterocycles. The lowest BCUT2D eigenvalue weighted by Gasteiger charge is -2.14. The first kappa shape index (κ1) is 14.9. The molecule has 4 nitrogen and oxygen atoms in total. The summed E-state index contributed by atoms with van der Waals surface area (Å²) in [6.07, 6.45) is 4.72. The van der Waals surface area contributed by atoms with E-state index in [-0.39, 0.29) is 0 Å². The van der Waals surface area contributed by atoms with E-state index in [0.717, 1.165) is 42.7 Å². The minimum Gasteiger partial charge on any atom is -0.493 e. The Morgan fingerprint density at radius 1 is 1.40 bits per heavy atom. The quantitative estimate of drug-likeness (QED) is 0.811. The third-order valence-corrected chi connectivity index (χ3v) is 3.65. The number of ether oxygens (including phenoxy) is 2. The SMILES string of the molecule is Cc1cc(C(=O)O)cc(C)c1OCCCC1CCCO1. The second-order valence-electron chi connectivity index (χ2n) is 5.37. The van der Waals surface area contributed by atoms with E-state index in [1.54, 1.807) is 12.1 Å². The molecule has 1 saturated heterocycles. The van der Waals surface area contributed by atoms with E-state index >= 15 is 0 Å². The van der Waals surface area contributed by atoms with Crippen LogP contribution in [0.5, 0.6) is 5.75 Å². The van der Waals surface area contributed by atoms with Crippen molar-refractivity contribution in [2.24, 2.45) is 0 Å². The van der Waals surface area contributed by atoms with Gasteiger partial charge in [-0.05, 0) is 62.8 Å². The smallest absolute Gasteiger partial charge is 0.335 e. The number of carboxylic acid groups (broad SMARTS) is 1. The van der Waals surface area contributed by atoms with Gasteiger partial charge in [0, 0.05) is 6.61 Å². The van der Waals surface area contributed by atoms with Crippen molar-refractivity contribution in [3.05, 3.63) is 28.8 Å². The Hall–Kier alpha value is -1.55. The Bertz CT molecular complexity index is 452. The molecular weight excluding hydrogens is 256 g/mol. The number of hydrogen-bond donors (Lipinski definition) is 1. The lowest BCUT2D eigenvalue weighted by atomic mass is 10.1. The summed E-state index contributed by atoms with van der Waals surface area (Å²) in [5.41, 5.74) is 2.06. The molecular formula is C16H22O4. The monoisotopic (exact) mass is 278 g/mol. The summed E-state index contributed by atoms with van der Waals surface area (Å²) < 4.78 is 11.4. The van der Waals surface area contributed by atoms with E-state index < -0.39 is 5.97 Å². The lowest BCUT2D eigenvalue weighted by Crippen LogP contribution is -2.09. The van der Waals surface area contributed by atoms with Gasteiger partial charge in [-0.1, -0.05) is 0 Å². The van der Waals surface area contributed by atoms with Crippen LogP contribution in [0.15, 0.2) is 12.1 Å². The molecule has 1 heterocycles. The highest BCUT2D eigenvalue weighted by Gasteiger charge is 2.15. The summed E-state index contributed by atoms with van der Waals surface area (Å²) in [6.45, 7) is 5.30. The second-order valence-corrected chi connectivity index (χ2v) is 5.37. The highest BCUT2D eigenvalue weighted by Crippen LogP contribution is 2.25. The summed E-state index contributed by atoms with van der Waals surface area (Å²) in [6, 6.07) is 3.31. The molecule has 0 aromatic heterocycles. The molecule has 1 fully saturated rings. The molecule has 4 heteroatoms. The van der Waals surface area contributed by atoms with Crippen LogP contribution in [-0.2, 0) is 4.74 Å². The standard InChI is InChI=1S/C16H22O4/c1-11-9-13(16(17)18)10-12(2)15(11)20-8-4-6-14-5-3-7-19-14/h9-10,14H,3-8H2,1-2H3,(H,17,18). The third kappa shape index (κ3) is 3.73. The second kappa shape index (κ2) is 6.75. The van der Waals surface area contributed by atoms with E-state index in [9.17, 15) is 4.79 Å². The van der Waals surface area contributed by atoms with Crippen LogP contribution >= 0.6 is 0 Å². The van der Waals surface area contributed by atoms with Crippen LogP contribution in [0.1, 0.15) is 47.2 Å². The van der Waals surface area contributed by atoms with Crippen LogP contribution < -0.4 is 4.74 Å². The van der Waals surface area contributed by atoms with Gasteiger partial charge in [-0.15, -0.1) is 0 Å². The zero-order chi connectivity index (χ0) is 14.5. The average Bonchev–Trinajstić information content (AvgIpc) is 2.89. The van der Waals surface area contributed by atoms with Gasteiger partial charge in [0.25, 0.3) is 0 Å². The minimum absolute atomic E-state index is 0.312. The minimum atomic E-state index is -0.902.